The summed E-state index contributed by atoms with van der Waals surface area (Å²) in [5, 5.41) is 2.67. The summed E-state index contributed by atoms with van der Waals surface area (Å²) in [4.78, 5) is 11.0. The van der Waals surface area contributed by atoms with Crippen LogP contribution < -0.4 is 5.32 Å². The normalized spacial score (nSPS) is 30.4. The van der Waals surface area contributed by atoms with Crippen LogP contribution in [0.5, 0.6) is 0 Å². The van der Waals surface area contributed by atoms with Crippen LogP contribution in [0.3, 0.4) is 0 Å². The van der Waals surface area contributed by atoms with Gasteiger partial charge in [-0.2, -0.15) is 0 Å². The quantitative estimate of drug-likeness (QED) is 0.644. The highest BCUT2D eigenvalue weighted by Gasteiger charge is 2.22. The lowest BCUT2D eigenvalue weighted by Crippen LogP contribution is -2.20. The molecule has 2 unspecified atom stereocenters. The molecule has 0 aromatic heterocycles. The summed E-state index contributed by atoms with van der Waals surface area (Å²) in [7, 11) is 1.71. The standard InChI is InChI=1S/C9H17NO/c1-7-3-4-8(5-7)6-9(11)10-2/h7-8H,3-6H2,1-2H3,(H,10,11). The Morgan fingerprint density at radius 2 is 2.27 bits per heavy atom. The molecule has 2 atom stereocenters. The zero-order valence-corrected chi connectivity index (χ0v) is 7.39. The maximum Gasteiger partial charge on any atom is 0.220 e. The Bertz CT molecular complexity index is 144. The van der Waals surface area contributed by atoms with Crippen LogP contribution in [0.2, 0.25) is 0 Å². The van der Waals surface area contributed by atoms with Gasteiger partial charge in [0, 0.05) is 13.5 Å². The van der Waals surface area contributed by atoms with Crippen LogP contribution in [0, 0.1) is 11.8 Å². The highest BCUT2D eigenvalue weighted by Crippen LogP contribution is 2.32. The smallest absolute Gasteiger partial charge is 0.220 e. The van der Waals surface area contributed by atoms with E-state index in [0.717, 1.165) is 12.3 Å². The molecule has 1 saturated carbocycles. The molecular weight excluding hydrogens is 138 g/mol. The Balaban J connectivity index is 2.23. The van der Waals surface area contributed by atoms with Gasteiger partial charge in [-0.15, -0.1) is 0 Å². The van der Waals surface area contributed by atoms with Crippen molar-refractivity contribution in [3.63, 3.8) is 0 Å². The molecule has 0 radical (unpaired) electrons. The van der Waals surface area contributed by atoms with Gasteiger partial charge in [0.15, 0.2) is 0 Å². The van der Waals surface area contributed by atoms with Gasteiger partial charge >= 0.3 is 0 Å². The predicted molar refractivity (Wildman–Crippen MR) is 45.2 cm³/mol. The van der Waals surface area contributed by atoms with Crippen LogP contribution >= 0.6 is 0 Å². The lowest BCUT2D eigenvalue weighted by Gasteiger charge is -2.06. The first-order valence-corrected chi connectivity index (χ1v) is 4.43. The van der Waals surface area contributed by atoms with Gasteiger partial charge in [0.2, 0.25) is 5.91 Å². The third-order valence-corrected chi connectivity index (χ3v) is 2.56. The topological polar surface area (TPSA) is 29.1 Å². The lowest BCUT2D eigenvalue weighted by atomic mass is 10.0. The minimum absolute atomic E-state index is 0.198. The second-order valence-corrected chi connectivity index (χ2v) is 3.66. The third-order valence-electron chi connectivity index (χ3n) is 2.56. The summed E-state index contributed by atoms with van der Waals surface area (Å²) in [5.74, 6) is 1.69. The average molecular weight is 155 g/mol. The van der Waals surface area contributed by atoms with Crippen molar-refractivity contribution in [2.24, 2.45) is 11.8 Å². The molecule has 0 saturated heterocycles. The van der Waals surface area contributed by atoms with Gasteiger partial charge in [0.05, 0.1) is 0 Å². The molecule has 0 spiro atoms. The average Bonchev–Trinajstić information content (AvgIpc) is 2.35. The van der Waals surface area contributed by atoms with Crippen LogP contribution in [-0.4, -0.2) is 13.0 Å². The molecule has 0 aromatic rings. The van der Waals surface area contributed by atoms with Gasteiger partial charge in [0.25, 0.3) is 0 Å². The minimum atomic E-state index is 0.198. The zero-order chi connectivity index (χ0) is 8.27. The monoisotopic (exact) mass is 155 g/mol. The van der Waals surface area contributed by atoms with E-state index in [2.05, 4.69) is 12.2 Å². The number of amides is 1. The van der Waals surface area contributed by atoms with Crippen molar-refractivity contribution >= 4 is 5.91 Å². The molecule has 1 aliphatic carbocycles. The second kappa shape index (κ2) is 3.74. The van der Waals surface area contributed by atoms with Crippen LogP contribution in [-0.2, 0) is 4.79 Å². The van der Waals surface area contributed by atoms with Gasteiger partial charge in [-0.3, -0.25) is 4.79 Å². The summed E-state index contributed by atoms with van der Waals surface area (Å²) in [6, 6.07) is 0. The fraction of sp³-hybridized carbons (Fsp3) is 0.889. The number of hydrogen-bond acceptors (Lipinski definition) is 1. The van der Waals surface area contributed by atoms with E-state index in [0.29, 0.717) is 5.92 Å². The molecule has 11 heavy (non-hydrogen) atoms. The Labute approximate surface area is 68.4 Å². The van der Waals surface area contributed by atoms with Crippen LogP contribution in [0.4, 0.5) is 0 Å². The number of carbonyl (C=O) groups excluding carboxylic acids is 1. The molecule has 2 nitrogen and oxygen atoms in total. The van der Waals surface area contributed by atoms with E-state index in [1.807, 2.05) is 0 Å². The Morgan fingerprint density at radius 3 is 2.73 bits per heavy atom. The van der Waals surface area contributed by atoms with E-state index in [9.17, 15) is 4.79 Å². The van der Waals surface area contributed by atoms with Gasteiger partial charge in [0.1, 0.15) is 0 Å². The summed E-state index contributed by atoms with van der Waals surface area (Å²) in [6.45, 7) is 2.27. The van der Waals surface area contributed by atoms with Gasteiger partial charge in [-0.05, 0) is 24.7 Å². The van der Waals surface area contributed by atoms with E-state index < -0.39 is 0 Å². The Hall–Kier alpha value is -0.530. The first-order valence-electron chi connectivity index (χ1n) is 4.43. The van der Waals surface area contributed by atoms with E-state index in [4.69, 9.17) is 0 Å². The molecule has 0 heterocycles. The van der Waals surface area contributed by atoms with Crippen molar-refractivity contribution in [1.29, 1.82) is 0 Å². The highest BCUT2D eigenvalue weighted by atomic mass is 16.1. The molecule has 1 N–H and O–H groups in total. The summed E-state index contributed by atoms with van der Waals surface area (Å²) in [5.41, 5.74) is 0. The summed E-state index contributed by atoms with van der Waals surface area (Å²) in [6.07, 6.45) is 4.53. The molecule has 1 fully saturated rings. The maximum atomic E-state index is 11.0. The molecule has 0 bridgehead atoms. The van der Waals surface area contributed by atoms with Crippen LogP contribution in [0.15, 0.2) is 0 Å². The number of nitrogens with one attached hydrogen (secondary N) is 1. The van der Waals surface area contributed by atoms with Crippen LogP contribution in [0.1, 0.15) is 32.6 Å². The fourth-order valence-electron chi connectivity index (χ4n) is 1.87. The molecule has 1 amide bonds. The molecule has 1 rings (SSSR count). The summed E-state index contributed by atoms with van der Waals surface area (Å²) < 4.78 is 0. The van der Waals surface area contributed by atoms with Gasteiger partial charge < -0.3 is 5.32 Å². The van der Waals surface area contributed by atoms with Crippen molar-refractivity contribution in [3.8, 4) is 0 Å². The molecule has 0 aliphatic heterocycles. The second-order valence-electron chi connectivity index (χ2n) is 3.66. The van der Waals surface area contributed by atoms with Crippen molar-refractivity contribution in [3.05, 3.63) is 0 Å². The Kier molecular flexibility index (Phi) is 2.92. The van der Waals surface area contributed by atoms with Crippen molar-refractivity contribution in [2.45, 2.75) is 32.6 Å². The van der Waals surface area contributed by atoms with E-state index >= 15 is 0 Å². The van der Waals surface area contributed by atoms with E-state index in [-0.39, 0.29) is 5.91 Å². The molecule has 2 heteroatoms. The first kappa shape index (κ1) is 8.57. The third kappa shape index (κ3) is 2.52. The molecular formula is C9H17NO. The fourth-order valence-corrected chi connectivity index (χ4v) is 1.87. The van der Waals surface area contributed by atoms with Gasteiger partial charge in [-0.25, -0.2) is 0 Å². The number of rotatable bonds is 2. The highest BCUT2D eigenvalue weighted by molar-refractivity contribution is 5.75. The van der Waals surface area contributed by atoms with Crippen molar-refractivity contribution < 1.29 is 4.79 Å². The maximum absolute atomic E-state index is 11.0. The van der Waals surface area contributed by atoms with Gasteiger partial charge in [-0.1, -0.05) is 13.3 Å². The molecule has 64 valence electrons. The lowest BCUT2D eigenvalue weighted by molar-refractivity contribution is -0.121. The summed E-state index contributed by atoms with van der Waals surface area (Å²) >= 11 is 0. The largest absolute Gasteiger partial charge is 0.359 e. The van der Waals surface area contributed by atoms with Crippen molar-refractivity contribution in [1.82, 2.24) is 5.32 Å². The number of carbonyl (C=O) groups is 1. The molecule has 1 aliphatic rings. The van der Waals surface area contributed by atoms with Crippen LogP contribution in [0.25, 0.3) is 0 Å². The first-order chi connectivity index (χ1) is 5.22. The zero-order valence-electron chi connectivity index (χ0n) is 7.39. The Morgan fingerprint density at radius 1 is 1.55 bits per heavy atom. The van der Waals surface area contributed by atoms with E-state index in [1.165, 1.54) is 19.3 Å². The molecule has 0 aromatic carbocycles. The SMILES string of the molecule is CNC(=O)CC1CCC(C)C1. The minimum Gasteiger partial charge on any atom is -0.359 e. The number of hydrogen-bond donors (Lipinski definition) is 1. The van der Waals surface area contributed by atoms with Crippen molar-refractivity contribution in [2.75, 3.05) is 7.05 Å². The predicted octanol–water partition coefficient (Wildman–Crippen LogP) is 1.56. The van der Waals surface area contributed by atoms with E-state index in [1.54, 1.807) is 7.05 Å².